The highest BCUT2D eigenvalue weighted by molar-refractivity contribution is 5.92. The number of hydrogen-bond donors (Lipinski definition) is 0. The fourth-order valence-electron chi connectivity index (χ4n) is 3.14. The van der Waals surface area contributed by atoms with Crippen LogP contribution in [0.2, 0.25) is 0 Å². The summed E-state index contributed by atoms with van der Waals surface area (Å²) in [5, 5.41) is 7.96. The predicted molar refractivity (Wildman–Crippen MR) is 92.9 cm³/mol. The lowest BCUT2D eigenvalue weighted by Crippen LogP contribution is -2.31. The first-order chi connectivity index (χ1) is 11.8. The van der Waals surface area contributed by atoms with Crippen molar-refractivity contribution in [3.63, 3.8) is 0 Å². The van der Waals surface area contributed by atoms with Gasteiger partial charge in [0, 0.05) is 30.9 Å². The Morgan fingerprint density at radius 2 is 2.08 bits per heavy atom. The molecule has 3 rings (SSSR count). The third kappa shape index (κ3) is 3.50. The molecule has 1 unspecified atom stereocenters. The van der Waals surface area contributed by atoms with Crippen molar-refractivity contribution in [1.82, 2.24) is 24.5 Å². The highest BCUT2D eigenvalue weighted by atomic mass is 16.2. The Morgan fingerprint density at radius 3 is 2.72 bits per heavy atom. The molecule has 7 heteroatoms. The molecule has 0 aromatic carbocycles. The average molecular weight is 343 g/mol. The molecule has 0 aliphatic carbocycles. The van der Waals surface area contributed by atoms with Crippen LogP contribution in [0.15, 0.2) is 24.5 Å². The second kappa shape index (κ2) is 6.46. The Bertz CT molecular complexity index is 783. The van der Waals surface area contributed by atoms with Crippen LogP contribution >= 0.6 is 0 Å². The third-order valence-corrected chi connectivity index (χ3v) is 4.74. The standard InChI is InChI=1S/C18H25N5O2/c1-18(2,3)16(24)12-22-11-13(19-20-22)17(25)23-10-6-8-15(23)14-7-5-9-21(14)4/h5,7,9,11,15H,6,8,10,12H2,1-4H3. The van der Waals surface area contributed by atoms with Crippen LogP contribution in [0, 0.1) is 5.41 Å². The molecule has 0 spiro atoms. The number of carbonyl (C=O) groups is 2. The summed E-state index contributed by atoms with van der Waals surface area (Å²) in [4.78, 5) is 26.9. The molecule has 0 radical (unpaired) electrons. The van der Waals surface area contributed by atoms with Gasteiger partial charge in [0.05, 0.1) is 12.2 Å². The van der Waals surface area contributed by atoms with Gasteiger partial charge < -0.3 is 9.47 Å². The van der Waals surface area contributed by atoms with Crippen molar-refractivity contribution in [2.75, 3.05) is 6.54 Å². The maximum absolute atomic E-state index is 12.9. The molecule has 1 saturated heterocycles. The summed E-state index contributed by atoms with van der Waals surface area (Å²) < 4.78 is 3.50. The second-order valence-electron chi connectivity index (χ2n) is 7.68. The van der Waals surface area contributed by atoms with Gasteiger partial charge in [0.2, 0.25) is 0 Å². The van der Waals surface area contributed by atoms with Gasteiger partial charge in [-0.05, 0) is 25.0 Å². The van der Waals surface area contributed by atoms with E-state index < -0.39 is 5.41 Å². The van der Waals surface area contributed by atoms with Crippen molar-refractivity contribution in [2.45, 2.75) is 46.2 Å². The van der Waals surface area contributed by atoms with E-state index in [9.17, 15) is 9.59 Å². The number of aryl methyl sites for hydroxylation is 1. The molecule has 25 heavy (non-hydrogen) atoms. The number of rotatable bonds is 4. The van der Waals surface area contributed by atoms with E-state index in [4.69, 9.17) is 0 Å². The number of likely N-dealkylation sites (tertiary alicyclic amines) is 1. The Balaban J connectivity index is 1.75. The van der Waals surface area contributed by atoms with E-state index in [-0.39, 0.29) is 24.3 Å². The highest BCUT2D eigenvalue weighted by Crippen LogP contribution is 2.32. The fraction of sp³-hybridized carbons (Fsp3) is 0.556. The van der Waals surface area contributed by atoms with Gasteiger partial charge in [-0.25, -0.2) is 4.68 Å². The second-order valence-corrected chi connectivity index (χ2v) is 7.68. The van der Waals surface area contributed by atoms with Crippen molar-refractivity contribution in [3.8, 4) is 0 Å². The van der Waals surface area contributed by atoms with E-state index in [1.165, 1.54) is 4.68 Å². The van der Waals surface area contributed by atoms with Gasteiger partial charge in [-0.2, -0.15) is 0 Å². The monoisotopic (exact) mass is 343 g/mol. The molecule has 1 amide bonds. The molecule has 0 N–H and O–H groups in total. The number of ketones is 1. The van der Waals surface area contributed by atoms with Crippen LogP contribution in [0.5, 0.6) is 0 Å². The number of Topliss-reactive ketones (excluding diaryl/α,β-unsaturated/α-hetero) is 1. The molecule has 0 bridgehead atoms. The fourth-order valence-corrected chi connectivity index (χ4v) is 3.14. The summed E-state index contributed by atoms with van der Waals surface area (Å²) in [7, 11) is 1.99. The molecule has 1 atom stereocenters. The molecule has 134 valence electrons. The SMILES string of the molecule is Cn1cccc1C1CCCN1C(=O)c1cn(CC(=O)C(C)(C)C)nn1. The summed E-state index contributed by atoms with van der Waals surface area (Å²) in [6.45, 7) is 6.44. The minimum Gasteiger partial charge on any atom is -0.353 e. The molecule has 1 aliphatic heterocycles. The molecule has 1 aliphatic rings. The Labute approximate surface area is 147 Å². The highest BCUT2D eigenvalue weighted by Gasteiger charge is 2.33. The van der Waals surface area contributed by atoms with Crippen LogP contribution in [0.4, 0.5) is 0 Å². The molecule has 2 aromatic rings. The van der Waals surface area contributed by atoms with Gasteiger partial charge in [0.15, 0.2) is 11.5 Å². The molecular formula is C18H25N5O2. The van der Waals surface area contributed by atoms with E-state index in [0.717, 1.165) is 18.5 Å². The first kappa shape index (κ1) is 17.4. The van der Waals surface area contributed by atoms with E-state index in [1.54, 1.807) is 6.20 Å². The van der Waals surface area contributed by atoms with Gasteiger partial charge in [0.25, 0.3) is 5.91 Å². The smallest absolute Gasteiger partial charge is 0.276 e. The van der Waals surface area contributed by atoms with Crippen LogP contribution in [0.25, 0.3) is 0 Å². The number of aromatic nitrogens is 4. The number of nitrogens with zero attached hydrogens (tertiary/aromatic N) is 5. The Morgan fingerprint density at radius 1 is 1.32 bits per heavy atom. The van der Waals surface area contributed by atoms with Gasteiger partial charge in [-0.1, -0.05) is 26.0 Å². The summed E-state index contributed by atoms with van der Waals surface area (Å²) in [5.41, 5.74) is 0.979. The summed E-state index contributed by atoms with van der Waals surface area (Å²) in [6, 6.07) is 4.11. The van der Waals surface area contributed by atoms with Crippen molar-refractivity contribution in [2.24, 2.45) is 12.5 Å². The zero-order chi connectivity index (χ0) is 18.2. The van der Waals surface area contributed by atoms with E-state index in [1.807, 2.05) is 45.0 Å². The van der Waals surface area contributed by atoms with Crippen molar-refractivity contribution < 1.29 is 9.59 Å². The quantitative estimate of drug-likeness (QED) is 0.853. The predicted octanol–water partition coefficient (Wildman–Crippen LogP) is 2.21. The average Bonchev–Trinajstić information content (AvgIpc) is 3.25. The van der Waals surface area contributed by atoms with Gasteiger partial charge in [-0.3, -0.25) is 9.59 Å². The van der Waals surface area contributed by atoms with Crippen LogP contribution < -0.4 is 0 Å². The number of amides is 1. The third-order valence-electron chi connectivity index (χ3n) is 4.74. The lowest BCUT2D eigenvalue weighted by molar-refractivity contribution is -0.127. The number of hydrogen-bond acceptors (Lipinski definition) is 4. The van der Waals surface area contributed by atoms with E-state index in [0.29, 0.717) is 12.2 Å². The molecule has 7 nitrogen and oxygen atoms in total. The summed E-state index contributed by atoms with van der Waals surface area (Å²) in [6.07, 6.45) is 5.48. The minimum atomic E-state index is -0.442. The molecular weight excluding hydrogens is 318 g/mol. The maximum Gasteiger partial charge on any atom is 0.276 e. The van der Waals surface area contributed by atoms with Crippen LogP contribution in [0.3, 0.4) is 0 Å². The Hall–Kier alpha value is -2.44. The van der Waals surface area contributed by atoms with Crippen molar-refractivity contribution in [3.05, 3.63) is 35.9 Å². The topological polar surface area (TPSA) is 73.0 Å². The number of carbonyl (C=O) groups excluding carboxylic acids is 2. The van der Waals surface area contributed by atoms with Crippen LogP contribution in [0.1, 0.15) is 55.8 Å². The minimum absolute atomic E-state index is 0.0549. The molecule has 3 heterocycles. The first-order valence-corrected chi connectivity index (χ1v) is 8.63. The zero-order valence-electron chi connectivity index (χ0n) is 15.3. The summed E-state index contributed by atoms with van der Waals surface area (Å²) >= 11 is 0. The van der Waals surface area contributed by atoms with E-state index >= 15 is 0 Å². The zero-order valence-corrected chi connectivity index (χ0v) is 15.3. The normalized spacial score (nSPS) is 17.9. The van der Waals surface area contributed by atoms with Crippen molar-refractivity contribution >= 4 is 11.7 Å². The molecule has 1 fully saturated rings. The molecule has 2 aromatic heterocycles. The summed E-state index contributed by atoms with van der Waals surface area (Å²) in [5.74, 6) is -0.0718. The first-order valence-electron chi connectivity index (χ1n) is 8.63. The lowest BCUT2D eigenvalue weighted by Gasteiger charge is -2.24. The van der Waals surface area contributed by atoms with Crippen molar-refractivity contribution in [1.29, 1.82) is 0 Å². The van der Waals surface area contributed by atoms with E-state index in [2.05, 4.69) is 20.9 Å². The molecule has 0 saturated carbocycles. The Kier molecular flexibility index (Phi) is 4.49. The van der Waals surface area contributed by atoms with Gasteiger partial charge in [-0.15, -0.1) is 5.10 Å². The lowest BCUT2D eigenvalue weighted by atomic mass is 9.91. The van der Waals surface area contributed by atoms with Gasteiger partial charge >= 0.3 is 0 Å². The maximum atomic E-state index is 12.9. The van der Waals surface area contributed by atoms with Crippen LogP contribution in [-0.2, 0) is 18.4 Å². The largest absolute Gasteiger partial charge is 0.353 e. The van der Waals surface area contributed by atoms with Crippen LogP contribution in [-0.4, -0.2) is 42.7 Å². The van der Waals surface area contributed by atoms with Gasteiger partial charge in [0.1, 0.15) is 6.54 Å².